The van der Waals surface area contributed by atoms with Crippen molar-refractivity contribution in [2.24, 2.45) is 0 Å². The molecule has 0 radical (unpaired) electrons. The molecule has 1 aliphatic heterocycles. The van der Waals surface area contributed by atoms with E-state index in [0.717, 1.165) is 24.3 Å². The summed E-state index contributed by atoms with van der Waals surface area (Å²) in [6.45, 7) is -0.863. The molecule has 34 heavy (non-hydrogen) atoms. The van der Waals surface area contributed by atoms with E-state index in [2.05, 4.69) is 0 Å². The second kappa shape index (κ2) is 9.48. The Morgan fingerprint density at radius 2 is 1.12 bits per heavy atom. The van der Waals surface area contributed by atoms with Crippen LogP contribution in [0.5, 0.6) is 34.5 Å². The molecule has 5 atom stereocenters. The highest BCUT2D eigenvalue weighted by Crippen LogP contribution is 2.37. The van der Waals surface area contributed by atoms with Gasteiger partial charge in [0, 0.05) is 0 Å². The van der Waals surface area contributed by atoms with Crippen LogP contribution in [-0.2, 0) is 14.2 Å². The first-order valence-electron chi connectivity index (χ1n) is 9.48. The molecule has 0 saturated carbocycles. The third-order valence-corrected chi connectivity index (χ3v) is 4.91. The van der Waals surface area contributed by atoms with Gasteiger partial charge in [-0.15, -0.1) is 0 Å². The van der Waals surface area contributed by atoms with E-state index in [-0.39, 0.29) is 0 Å². The van der Waals surface area contributed by atoms with Crippen LogP contribution < -0.4 is 0 Å². The Morgan fingerprint density at radius 1 is 0.735 bits per heavy atom. The standard InChI is InChI=1S/C20H20O14/c21-5-12-16(33-18(29)6-1-8(22)13(26)9(23)2-6)15(28)17(20(31)32-12)34-19(30)7-3-10(24)14(27)11(25)4-7/h1-4,12,15-17,20-28,31H,5H2. The van der Waals surface area contributed by atoms with E-state index in [1.54, 1.807) is 0 Å². The predicted octanol–water partition coefficient (Wildman–Crippen LogP) is -1.26. The highest BCUT2D eigenvalue weighted by atomic mass is 16.7. The third-order valence-electron chi connectivity index (χ3n) is 4.91. The van der Waals surface area contributed by atoms with Gasteiger partial charge in [0.25, 0.3) is 0 Å². The molecule has 3 rings (SSSR count). The minimum Gasteiger partial charge on any atom is -0.504 e. The maximum Gasteiger partial charge on any atom is 0.338 e. The van der Waals surface area contributed by atoms with Crippen LogP contribution in [0.25, 0.3) is 0 Å². The van der Waals surface area contributed by atoms with Crippen molar-refractivity contribution in [1.29, 1.82) is 0 Å². The van der Waals surface area contributed by atoms with Gasteiger partial charge in [-0.2, -0.15) is 0 Å². The van der Waals surface area contributed by atoms with Crippen LogP contribution in [0.15, 0.2) is 24.3 Å². The molecule has 0 amide bonds. The van der Waals surface area contributed by atoms with Gasteiger partial charge in [0.15, 0.2) is 53.0 Å². The molecule has 0 spiro atoms. The third kappa shape index (κ3) is 4.69. The Labute approximate surface area is 189 Å². The van der Waals surface area contributed by atoms with Crippen molar-refractivity contribution >= 4 is 11.9 Å². The lowest BCUT2D eigenvalue weighted by Gasteiger charge is -2.41. The molecular weight excluding hydrogens is 464 g/mol. The Bertz CT molecular complexity index is 1050. The first-order chi connectivity index (χ1) is 15.9. The van der Waals surface area contributed by atoms with Crippen molar-refractivity contribution in [1.82, 2.24) is 0 Å². The van der Waals surface area contributed by atoms with E-state index >= 15 is 0 Å². The molecule has 0 bridgehead atoms. The van der Waals surface area contributed by atoms with Crippen molar-refractivity contribution in [2.75, 3.05) is 6.61 Å². The minimum atomic E-state index is -2.01. The summed E-state index contributed by atoms with van der Waals surface area (Å²) in [4.78, 5) is 24.8. The number of phenolic OH excluding ortho intramolecular Hbond substituents is 6. The SMILES string of the molecule is O=C(OC1C(O)OC(CO)C(OC(=O)c2cc(O)c(O)c(O)c2)C1O)c1cc(O)c(O)c(O)c1. The van der Waals surface area contributed by atoms with Gasteiger partial charge in [-0.1, -0.05) is 0 Å². The lowest BCUT2D eigenvalue weighted by atomic mass is 9.98. The summed E-state index contributed by atoms with van der Waals surface area (Å²) in [7, 11) is 0. The molecule has 2 aromatic carbocycles. The lowest BCUT2D eigenvalue weighted by molar-refractivity contribution is -0.285. The second-order valence-electron chi connectivity index (χ2n) is 7.20. The molecule has 9 N–H and O–H groups in total. The summed E-state index contributed by atoms with van der Waals surface area (Å²) in [5.74, 6) is -7.78. The summed E-state index contributed by atoms with van der Waals surface area (Å²) in [5.41, 5.74) is -0.952. The number of hydrogen-bond acceptors (Lipinski definition) is 14. The average Bonchev–Trinajstić information content (AvgIpc) is 2.79. The van der Waals surface area contributed by atoms with Gasteiger partial charge >= 0.3 is 11.9 Å². The summed E-state index contributed by atoms with van der Waals surface area (Å²) < 4.78 is 15.1. The van der Waals surface area contributed by atoms with Crippen LogP contribution in [0, 0.1) is 0 Å². The summed E-state index contributed by atoms with van der Waals surface area (Å²) in [6.07, 6.45) is -9.12. The zero-order valence-electron chi connectivity index (χ0n) is 17.0. The van der Waals surface area contributed by atoms with Crippen LogP contribution in [0.1, 0.15) is 20.7 Å². The Morgan fingerprint density at radius 3 is 1.50 bits per heavy atom. The van der Waals surface area contributed by atoms with Gasteiger partial charge < -0.3 is 60.2 Å². The highest BCUT2D eigenvalue weighted by molar-refractivity contribution is 5.92. The molecule has 14 nitrogen and oxygen atoms in total. The number of esters is 2. The normalized spacial score (nSPS) is 24.4. The fourth-order valence-electron chi connectivity index (χ4n) is 3.16. The van der Waals surface area contributed by atoms with E-state index in [1.807, 2.05) is 0 Å². The maximum atomic E-state index is 12.5. The van der Waals surface area contributed by atoms with Gasteiger partial charge in [-0.3, -0.25) is 0 Å². The monoisotopic (exact) mass is 484 g/mol. The number of phenols is 6. The average molecular weight is 484 g/mol. The number of ether oxygens (including phenoxy) is 3. The smallest absolute Gasteiger partial charge is 0.338 e. The van der Waals surface area contributed by atoms with E-state index in [4.69, 9.17) is 14.2 Å². The molecule has 5 unspecified atom stereocenters. The van der Waals surface area contributed by atoms with Gasteiger partial charge in [0.05, 0.1) is 17.7 Å². The van der Waals surface area contributed by atoms with Crippen molar-refractivity contribution in [3.05, 3.63) is 35.4 Å². The zero-order chi connectivity index (χ0) is 25.3. The number of aliphatic hydroxyl groups excluding tert-OH is 3. The molecule has 184 valence electrons. The Hall–Kier alpha value is -3.98. The molecule has 2 aromatic rings. The first kappa shape index (κ1) is 24.7. The number of hydrogen-bond donors (Lipinski definition) is 9. The number of benzene rings is 2. The molecular formula is C20H20O14. The molecule has 1 aliphatic rings. The fraction of sp³-hybridized carbons (Fsp3) is 0.300. The number of carbonyl (C=O) groups excluding carboxylic acids is 2. The van der Waals surface area contributed by atoms with Crippen molar-refractivity contribution in [2.45, 2.75) is 30.7 Å². The number of carbonyl (C=O) groups is 2. The van der Waals surface area contributed by atoms with Crippen LogP contribution in [0.2, 0.25) is 0 Å². The van der Waals surface area contributed by atoms with Gasteiger partial charge in [0.2, 0.25) is 0 Å². The molecule has 1 fully saturated rings. The number of aliphatic hydroxyl groups is 3. The zero-order valence-corrected chi connectivity index (χ0v) is 17.0. The van der Waals surface area contributed by atoms with Gasteiger partial charge in [0.1, 0.15) is 12.2 Å². The summed E-state index contributed by atoms with van der Waals surface area (Å²) in [5, 5.41) is 87.2. The molecule has 0 aliphatic carbocycles. The summed E-state index contributed by atoms with van der Waals surface area (Å²) >= 11 is 0. The van der Waals surface area contributed by atoms with Crippen LogP contribution in [0.3, 0.4) is 0 Å². The number of aromatic hydroxyl groups is 6. The predicted molar refractivity (Wildman–Crippen MR) is 105 cm³/mol. The first-order valence-corrected chi connectivity index (χ1v) is 9.48. The summed E-state index contributed by atoms with van der Waals surface area (Å²) in [6, 6.07) is 2.96. The lowest BCUT2D eigenvalue weighted by Crippen LogP contribution is -2.61. The molecule has 1 saturated heterocycles. The van der Waals surface area contributed by atoms with Crippen LogP contribution >= 0.6 is 0 Å². The Balaban J connectivity index is 1.82. The highest BCUT2D eigenvalue weighted by Gasteiger charge is 2.49. The topological polar surface area (TPSA) is 244 Å². The van der Waals surface area contributed by atoms with E-state index in [9.17, 15) is 55.5 Å². The minimum absolute atomic E-state index is 0.466. The van der Waals surface area contributed by atoms with Gasteiger partial charge in [-0.05, 0) is 24.3 Å². The molecule has 14 heteroatoms. The van der Waals surface area contributed by atoms with Crippen molar-refractivity contribution in [3.8, 4) is 34.5 Å². The molecule has 1 heterocycles. The van der Waals surface area contributed by atoms with Gasteiger partial charge in [-0.25, -0.2) is 9.59 Å². The van der Waals surface area contributed by atoms with Crippen molar-refractivity contribution < 1.29 is 69.8 Å². The largest absolute Gasteiger partial charge is 0.504 e. The Kier molecular flexibility index (Phi) is 6.88. The number of rotatable bonds is 5. The van der Waals surface area contributed by atoms with E-state index in [1.165, 1.54) is 0 Å². The quantitative estimate of drug-likeness (QED) is 0.178. The van der Waals surface area contributed by atoms with Crippen LogP contribution in [-0.4, -0.2) is 95.2 Å². The molecule has 0 aromatic heterocycles. The van der Waals surface area contributed by atoms with E-state index in [0.29, 0.717) is 0 Å². The van der Waals surface area contributed by atoms with Crippen molar-refractivity contribution in [3.63, 3.8) is 0 Å². The second-order valence-corrected chi connectivity index (χ2v) is 7.20. The van der Waals surface area contributed by atoms with Crippen LogP contribution in [0.4, 0.5) is 0 Å². The van der Waals surface area contributed by atoms with E-state index < -0.39 is 94.9 Å². The fourth-order valence-corrected chi connectivity index (χ4v) is 3.16. The maximum absolute atomic E-state index is 12.5.